The largest absolute Gasteiger partial charge is 0.246 e. The van der Waals surface area contributed by atoms with Gasteiger partial charge >= 0.3 is 0 Å². The molecule has 0 saturated heterocycles. The molecular weight excluding hydrogens is 228 g/mol. The number of hydrogen-bond acceptors (Lipinski definition) is 1. The van der Waals surface area contributed by atoms with Gasteiger partial charge in [0.1, 0.15) is 0 Å². The van der Waals surface area contributed by atoms with Gasteiger partial charge in [-0.3, -0.25) is 0 Å². The van der Waals surface area contributed by atoms with E-state index in [0.717, 1.165) is 0 Å². The number of halogens is 3. The molecule has 0 spiro atoms. The van der Waals surface area contributed by atoms with Gasteiger partial charge in [-0.1, -0.05) is 34.8 Å². The summed E-state index contributed by atoms with van der Waals surface area (Å²) in [7, 11) is 0. The summed E-state index contributed by atoms with van der Waals surface area (Å²) >= 11 is 17.7. The van der Waals surface area contributed by atoms with Crippen LogP contribution in [0.2, 0.25) is 15.1 Å². The van der Waals surface area contributed by atoms with Gasteiger partial charge in [0.05, 0.1) is 26.8 Å². The molecule has 65 valence electrons. The van der Waals surface area contributed by atoms with Gasteiger partial charge in [0.25, 0.3) is 0 Å². The molecule has 0 amide bonds. The number of fused-ring (bicyclic) bond motifs is 1. The average molecular weight is 231 g/mol. The van der Waals surface area contributed by atoms with Gasteiger partial charge in [0.15, 0.2) is 0 Å². The van der Waals surface area contributed by atoms with Gasteiger partial charge in [0, 0.05) is 5.39 Å². The number of rotatable bonds is 0. The predicted molar refractivity (Wildman–Crippen MR) is 55.6 cm³/mol. The highest BCUT2D eigenvalue weighted by molar-refractivity contribution is 6.47. The summed E-state index contributed by atoms with van der Waals surface area (Å²) in [5.74, 6) is 0. The third kappa shape index (κ3) is 1.48. The molecule has 0 N–H and O–H groups in total. The molecule has 0 saturated carbocycles. The average Bonchev–Trinajstić information content (AvgIpc) is 2.12. The minimum Gasteiger partial charge on any atom is -0.246 e. The van der Waals surface area contributed by atoms with Crippen LogP contribution in [0, 0.1) is 6.20 Å². The van der Waals surface area contributed by atoms with Gasteiger partial charge < -0.3 is 0 Å². The normalized spacial score (nSPS) is 10.7. The molecule has 0 unspecified atom stereocenters. The highest BCUT2D eigenvalue weighted by atomic mass is 35.5. The van der Waals surface area contributed by atoms with E-state index < -0.39 is 0 Å². The maximum Gasteiger partial charge on any atom is 0.0909 e. The van der Waals surface area contributed by atoms with Crippen LogP contribution in [0.5, 0.6) is 0 Å². The molecular formula is C9H3Cl3N. The van der Waals surface area contributed by atoms with Crippen molar-refractivity contribution < 1.29 is 0 Å². The number of aromatic nitrogens is 1. The standard InChI is InChI=1S/C9H3Cl3N/c10-5-3-4-13-7-2-1-6(11)9(12)8(5)7/h1-3H. The minimum atomic E-state index is 0.436. The minimum absolute atomic E-state index is 0.436. The summed E-state index contributed by atoms with van der Waals surface area (Å²) in [6.07, 6.45) is 2.67. The molecule has 0 aliphatic carbocycles. The van der Waals surface area contributed by atoms with E-state index >= 15 is 0 Å². The number of hydrogen-bond donors (Lipinski definition) is 0. The van der Waals surface area contributed by atoms with Crippen molar-refractivity contribution in [1.82, 2.24) is 4.98 Å². The molecule has 0 bridgehead atoms. The molecule has 0 aliphatic heterocycles. The zero-order valence-electron chi connectivity index (χ0n) is 6.31. The zero-order chi connectivity index (χ0) is 9.42. The van der Waals surface area contributed by atoms with E-state index in [0.29, 0.717) is 26.0 Å². The highest BCUT2D eigenvalue weighted by Crippen LogP contribution is 2.33. The fourth-order valence-electron chi connectivity index (χ4n) is 1.09. The van der Waals surface area contributed by atoms with Crippen molar-refractivity contribution in [2.45, 2.75) is 0 Å². The third-order valence-corrected chi connectivity index (χ3v) is 2.79. The van der Waals surface area contributed by atoms with E-state index in [-0.39, 0.29) is 0 Å². The maximum absolute atomic E-state index is 5.96. The molecule has 0 atom stereocenters. The van der Waals surface area contributed by atoms with E-state index in [1.165, 1.54) is 0 Å². The summed E-state index contributed by atoms with van der Waals surface area (Å²) < 4.78 is 0. The van der Waals surface area contributed by atoms with Gasteiger partial charge in [-0.25, -0.2) is 4.98 Å². The Labute approximate surface area is 90.2 Å². The lowest BCUT2D eigenvalue weighted by Gasteiger charge is -2.02. The number of nitrogens with zero attached hydrogens (tertiary/aromatic N) is 1. The van der Waals surface area contributed by atoms with Crippen molar-refractivity contribution in [3.8, 4) is 0 Å². The molecule has 1 heterocycles. The van der Waals surface area contributed by atoms with Crippen molar-refractivity contribution in [3.63, 3.8) is 0 Å². The van der Waals surface area contributed by atoms with Crippen molar-refractivity contribution in [2.75, 3.05) is 0 Å². The topological polar surface area (TPSA) is 12.9 Å². The van der Waals surface area contributed by atoms with Gasteiger partial charge in [-0.2, -0.15) is 0 Å². The van der Waals surface area contributed by atoms with E-state index in [1.54, 1.807) is 18.2 Å². The Hall–Kier alpha value is -0.500. The fourth-order valence-corrected chi connectivity index (χ4v) is 1.80. The van der Waals surface area contributed by atoms with Crippen molar-refractivity contribution in [2.24, 2.45) is 0 Å². The molecule has 1 radical (unpaired) electrons. The summed E-state index contributed by atoms with van der Waals surface area (Å²) in [6, 6.07) is 5.00. The molecule has 1 aromatic carbocycles. The van der Waals surface area contributed by atoms with E-state index in [2.05, 4.69) is 11.2 Å². The molecule has 0 fully saturated rings. The molecule has 1 nitrogen and oxygen atoms in total. The van der Waals surface area contributed by atoms with Crippen LogP contribution in [-0.2, 0) is 0 Å². The van der Waals surface area contributed by atoms with Crippen LogP contribution in [0.15, 0.2) is 18.2 Å². The van der Waals surface area contributed by atoms with Crippen molar-refractivity contribution in [3.05, 3.63) is 39.5 Å². The van der Waals surface area contributed by atoms with Crippen LogP contribution in [0.4, 0.5) is 0 Å². The first-order valence-corrected chi connectivity index (χ1v) is 4.64. The monoisotopic (exact) mass is 230 g/mol. The van der Waals surface area contributed by atoms with Crippen molar-refractivity contribution in [1.29, 1.82) is 0 Å². The van der Waals surface area contributed by atoms with Gasteiger partial charge in [-0.05, 0) is 18.2 Å². The maximum atomic E-state index is 5.96. The lowest BCUT2D eigenvalue weighted by atomic mass is 10.2. The van der Waals surface area contributed by atoms with Gasteiger partial charge in [0.2, 0.25) is 0 Å². The smallest absolute Gasteiger partial charge is 0.0909 e. The molecule has 13 heavy (non-hydrogen) atoms. The van der Waals surface area contributed by atoms with Crippen LogP contribution in [0.25, 0.3) is 10.9 Å². The van der Waals surface area contributed by atoms with E-state index in [9.17, 15) is 0 Å². The predicted octanol–water partition coefficient (Wildman–Crippen LogP) is 4.00. The van der Waals surface area contributed by atoms with Crippen molar-refractivity contribution >= 4 is 45.7 Å². The quantitative estimate of drug-likeness (QED) is 0.668. The first kappa shape index (κ1) is 9.07. The SMILES string of the molecule is Clc1ccc2n[c]cc(Cl)c2c1Cl. The number of pyridine rings is 1. The Kier molecular flexibility index (Phi) is 2.33. The van der Waals surface area contributed by atoms with Crippen LogP contribution in [0.3, 0.4) is 0 Å². The Balaban J connectivity index is 2.97. The van der Waals surface area contributed by atoms with Crippen LogP contribution in [-0.4, -0.2) is 4.98 Å². The zero-order valence-corrected chi connectivity index (χ0v) is 8.58. The first-order chi connectivity index (χ1) is 6.20. The Morgan fingerprint density at radius 2 is 1.85 bits per heavy atom. The third-order valence-electron chi connectivity index (χ3n) is 1.69. The van der Waals surface area contributed by atoms with Gasteiger partial charge in [-0.15, -0.1) is 0 Å². The van der Waals surface area contributed by atoms with Crippen LogP contribution >= 0.6 is 34.8 Å². The fraction of sp³-hybridized carbons (Fsp3) is 0. The van der Waals surface area contributed by atoms with Crippen LogP contribution in [0.1, 0.15) is 0 Å². The Morgan fingerprint density at radius 1 is 1.08 bits per heavy atom. The second kappa shape index (κ2) is 3.33. The Bertz CT molecular complexity index is 468. The lowest BCUT2D eigenvalue weighted by molar-refractivity contribution is 1.39. The highest BCUT2D eigenvalue weighted by Gasteiger charge is 2.07. The molecule has 2 rings (SSSR count). The summed E-state index contributed by atoms with van der Waals surface area (Å²) in [5, 5.41) is 2.10. The summed E-state index contributed by atoms with van der Waals surface area (Å²) in [6.45, 7) is 0. The van der Waals surface area contributed by atoms with E-state index in [4.69, 9.17) is 34.8 Å². The van der Waals surface area contributed by atoms with Crippen LogP contribution < -0.4 is 0 Å². The second-order valence-electron chi connectivity index (χ2n) is 2.49. The summed E-state index contributed by atoms with van der Waals surface area (Å²) in [4.78, 5) is 3.99. The molecule has 1 aromatic heterocycles. The second-order valence-corrected chi connectivity index (χ2v) is 3.68. The molecule has 4 heteroatoms. The molecule has 0 aliphatic rings. The first-order valence-electron chi connectivity index (χ1n) is 3.50. The molecule has 2 aromatic rings. The Morgan fingerprint density at radius 3 is 2.62 bits per heavy atom. The van der Waals surface area contributed by atoms with E-state index in [1.807, 2.05) is 0 Å². The number of benzene rings is 1. The lowest BCUT2D eigenvalue weighted by Crippen LogP contribution is -1.81. The summed E-state index contributed by atoms with van der Waals surface area (Å²) in [5.41, 5.74) is 0.696.